The molecule has 0 N–H and O–H groups in total. The zero-order valence-corrected chi connectivity index (χ0v) is 18.9. The van der Waals surface area contributed by atoms with Crippen molar-refractivity contribution in [2.24, 2.45) is 0 Å². The lowest BCUT2D eigenvalue weighted by atomic mass is 10.1. The number of pyridine rings is 1. The SMILES string of the molecule is COc1cc(-c2ncc3c(n2)c(Br)nn3S(C)(=O)=O)c([C@H](C)OS(C)(=O)=O)cn1. The molecule has 3 aromatic heterocycles. The Morgan fingerprint density at radius 1 is 1.14 bits per heavy atom. The summed E-state index contributed by atoms with van der Waals surface area (Å²) in [6, 6.07) is 1.54. The molecule has 3 heterocycles. The number of halogens is 1. The molecule has 11 nitrogen and oxygen atoms in total. The molecule has 0 aromatic carbocycles. The van der Waals surface area contributed by atoms with E-state index >= 15 is 0 Å². The highest BCUT2D eigenvalue weighted by atomic mass is 79.9. The zero-order chi connectivity index (χ0) is 21.6. The standard InChI is InChI=1S/C15H16BrN5O6S2/c1-8(27-29(4,24)25)10-6-17-12(26-2)5-9(10)15-18-7-11-13(19-15)14(16)20-21(11)28(3,22)23/h5-8H,1-4H3/t8-/m0/s1. The Balaban J connectivity index is 2.21. The number of ether oxygens (including phenoxy) is 1. The Labute approximate surface area is 175 Å². The maximum atomic E-state index is 11.9. The Morgan fingerprint density at radius 2 is 1.83 bits per heavy atom. The van der Waals surface area contributed by atoms with E-state index in [0.717, 1.165) is 16.6 Å². The van der Waals surface area contributed by atoms with Crippen LogP contribution in [0.5, 0.6) is 5.88 Å². The maximum absolute atomic E-state index is 11.9. The van der Waals surface area contributed by atoms with Crippen molar-refractivity contribution in [3.05, 3.63) is 28.6 Å². The van der Waals surface area contributed by atoms with Crippen LogP contribution in [0.4, 0.5) is 0 Å². The third-order valence-electron chi connectivity index (χ3n) is 3.78. The highest BCUT2D eigenvalue weighted by Crippen LogP contribution is 2.32. The molecule has 0 aliphatic rings. The summed E-state index contributed by atoms with van der Waals surface area (Å²) in [5.41, 5.74) is 1.26. The Hall–Kier alpha value is -2.16. The van der Waals surface area contributed by atoms with Crippen LogP contribution in [0.15, 0.2) is 23.1 Å². The first-order chi connectivity index (χ1) is 13.4. The van der Waals surface area contributed by atoms with E-state index in [0.29, 0.717) is 11.1 Å². The van der Waals surface area contributed by atoms with Gasteiger partial charge in [0.1, 0.15) is 17.1 Å². The van der Waals surface area contributed by atoms with Crippen molar-refractivity contribution in [2.75, 3.05) is 19.6 Å². The molecular formula is C15H16BrN5O6S2. The van der Waals surface area contributed by atoms with Gasteiger partial charge in [0.15, 0.2) is 10.4 Å². The third kappa shape index (κ3) is 4.55. The lowest BCUT2D eigenvalue weighted by Gasteiger charge is -2.15. The first-order valence-electron chi connectivity index (χ1n) is 7.95. The molecule has 0 spiro atoms. The van der Waals surface area contributed by atoms with Gasteiger partial charge in [-0.2, -0.15) is 12.5 Å². The van der Waals surface area contributed by atoms with E-state index in [2.05, 4.69) is 36.0 Å². The third-order valence-corrected chi connectivity index (χ3v) is 5.86. The normalized spacial score (nSPS) is 13.6. The van der Waals surface area contributed by atoms with Crippen molar-refractivity contribution in [1.82, 2.24) is 24.1 Å². The van der Waals surface area contributed by atoms with Gasteiger partial charge in [0, 0.05) is 23.4 Å². The summed E-state index contributed by atoms with van der Waals surface area (Å²) in [6.45, 7) is 1.55. The molecule has 0 saturated carbocycles. The van der Waals surface area contributed by atoms with Crippen LogP contribution >= 0.6 is 15.9 Å². The van der Waals surface area contributed by atoms with Crippen molar-refractivity contribution in [3.8, 4) is 17.3 Å². The van der Waals surface area contributed by atoms with Crippen LogP contribution in [-0.2, 0) is 24.3 Å². The predicted molar refractivity (Wildman–Crippen MR) is 107 cm³/mol. The predicted octanol–water partition coefficient (Wildman–Crippen LogP) is 1.50. The molecule has 0 saturated heterocycles. The molecule has 14 heteroatoms. The summed E-state index contributed by atoms with van der Waals surface area (Å²) < 4.78 is 58.1. The number of nitrogens with zero attached hydrogens (tertiary/aromatic N) is 5. The summed E-state index contributed by atoms with van der Waals surface area (Å²) in [6.07, 6.45) is 3.80. The minimum Gasteiger partial charge on any atom is -0.481 e. The molecule has 3 rings (SSSR count). The lowest BCUT2D eigenvalue weighted by Crippen LogP contribution is -2.12. The molecule has 29 heavy (non-hydrogen) atoms. The fourth-order valence-electron chi connectivity index (χ4n) is 2.62. The van der Waals surface area contributed by atoms with Crippen molar-refractivity contribution in [1.29, 1.82) is 0 Å². The summed E-state index contributed by atoms with van der Waals surface area (Å²) in [7, 11) is -5.96. The van der Waals surface area contributed by atoms with Gasteiger partial charge < -0.3 is 4.74 Å². The molecule has 3 aromatic rings. The van der Waals surface area contributed by atoms with E-state index in [4.69, 9.17) is 8.92 Å². The molecule has 0 radical (unpaired) electrons. The van der Waals surface area contributed by atoms with E-state index in [1.165, 1.54) is 25.6 Å². The molecule has 0 bridgehead atoms. The second kappa shape index (κ2) is 7.59. The minimum absolute atomic E-state index is 0.186. The van der Waals surface area contributed by atoms with Gasteiger partial charge in [-0.3, -0.25) is 4.18 Å². The van der Waals surface area contributed by atoms with Gasteiger partial charge in [-0.25, -0.2) is 23.4 Å². The lowest BCUT2D eigenvalue weighted by molar-refractivity contribution is 0.236. The van der Waals surface area contributed by atoms with Gasteiger partial charge in [-0.15, -0.1) is 5.10 Å². The van der Waals surface area contributed by atoms with Crippen molar-refractivity contribution < 1.29 is 25.8 Å². The number of methoxy groups -OCH3 is 1. The van der Waals surface area contributed by atoms with Crippen molar-refractivity contribution in [2.45, 2.75) is 13.0 Å². The van der Waals surface area contributed by atoms with Gasteiger partial charge >= 0.3 is 0 Å². The fraction of sp³-hybridized carbons (Fsp3) is 0.333. The van der Waals surface area contributed by atoms with Crippen LogP contribution in [0.1, 0.15) is 18.6 Å². The smallest absolute Gasteiger partial charge is 0.264 e. The van der Waals surface area contributed by atoms with Crippen LogP contribution < -0.4 is 4.74 Å². The van der Waals surface area contributed by atoms with Gasteiger partial charge in [0.25, 0.3) is 20.1 Å². The van der Waals surface area contributed by atoms with Crippen molar-refractivity contribution in [3.63, 3.8) is 0 Å². The Morgan fingerprint density at radius 3 is 2.41 bits per heavy atom. The largest absolute Gasteiger partial charge is 0.481 e. The molecular weight excluding hydrogens is 490 g/mol. The van der Waals surface area contributed by atoms with E-state index in [1.54, 1.807) is 6.92 Å². The van der Waals surface area contributed by atoms with Crippen LogP contribution in [0.3, 0.4) is 0 Å². The van der Waals surface area contributed by atoms with Crippen LogP contribution in [0.2, 0.25) is 0 Å². The van der Waals surface area contributed by atoms with E-state index < -0.39 is 26.2 Å². The topological polar surface area (TPSA) is 143 Å². The molecule has 156 valence electrons. The average Bonchev–Trinajstić information content (AvgIpc) is 2.96. The second-order valence-electron chi connectivity index (χ2n) is 6.08. The number of hydrogen-bond donors (Lipinski definition) is 0. The Kier molecular flexibility index (Phi) is 5.64. The van der Waals surface area contributed by atoms with Crippen LogP contribution in [0.25, 0.3) is 22.4 Å². The number of hydrogen-bond acceptors (Lipinski definition) is 10. The number of fused-ring (bicyclic) bond motifs is 1. The van der Waals surface area contributed by atoms with E-state index in [9.17, 15) is 16.8 Å². The van der Waals surface area contributed by atoms with Crippen LogP contribution in [0, 0.1) is 0 Å². The number of aromatic nitrogens is 5. The number of rotatable bonds is 6. The molecule has 0 unspecified atom stereocenters. The molecule has 0 fully saturated rings. The molecule has 0 aliphatic carbocycles. The quantitative estimate of drug-likeness (QED) is 0.451. The summed E-state index contributed by atoms with van der Waals surface area (Å²) in [5.74, 6) is 0.441. The summed E-state index contributed by atoms with van der Waals surface area (Å²) in [5, 5.41) is 3.94. The first-order valence-corrected chi connectivity index (χ1v) is 12.4. The summed E-state index contributed by atoms with van der Waals surface area (Å²) in [4.78, 5) is 12.7. The molecule has 0 amide bonds. The summed E-state index contributed by atoms with van der Waals surface area (Å²) >= 11 is 3.20. The zero-order valence-electron chi connectivity index (χ0n) is 15.7. The highest BCUT2D eigenvalue weighted by Gasteiger charge is 2.22. The van der Waals surface area contributed by atoms with E-state index in [1.807, 2.05) is 0 Å². The highest BCUT2D eigenvalue weighted by molar-refractivity contribution is 9.10. The fourth-order valence-corrected chi connectivity index (χ4v) is 4.53. The molecule has 0 aliphatic heterocycles. The Bertz CT molecular complexity index is 1310. The van der Waals surface area contributed by atoms with E-state index in [-0.39, 0.29) is 27.3 Å². The average molecular weight is 506 g/mol. The van der Waals surface area contributed by atoms with Crippen molar-refractivity contribution >= 4 is 47.1 Å². The minimum atomic E-state index is -3.73. The van der Waals surface area contributed by atoms with Gasteiger partial charge in [-0.1, -0.05) is 0 Å². The van der Waals surface area contributed by atoms with Crippen LogP contribution in [-0.4, -0.2) is 60.6 Å². The van der Waals surface area contributed by atoms with Gasteiger partial charge in [-0.05, 0) is 22.9 Å². The second-order valence-corrected chi connectivity index (χ2v) is 10.2. The van der Waals surface area contributed by atoms with Gasteiger partial charge in [0.05, 0.1) is 25.8 Å². The maximum Gasteiger partial charge on any atom is 0.264 e. The molecule has 1 atom stereocenters. The first kappa shape index (κ1) is 21.5. The monoisotopic (exact) mass is 505 g/mol. The van der Waals surface area contributed by atoms with Gasteiger partial charge in [0.2, 0.25) is 5.88 Å².